The second kappa shape index (κ2) is 6.19. The van der Waals surface area contributed by atoms with Gasteiger partial charge < -0.3 is 10.1 Å². The lowest BCUT2D eigenvalue weighted by Gasteiger charge is -2.15. The van der Waals surface area contributed by atoms with Gasteiger partial charge in [0.25, 0.3) is 5.91 Å². The highest BCUT2D eigenvalue weighted by Crippen LogP contribution is 2.18. The van der Waals surface area contributed by atoms with E-state index in [1.807, 2.05) is 31.2 Å². The Bertz CT molecular complexity index is 596. The van der Waals surface area contributed by atoms with E-state index in [0.29, 0.717) is 0 Å². The highest BCUT2D eigenvalue weighted by atomic mass is 19.1. The number of hydrogen-bond donors (Lipinski definition) is 1. The summed E-state index contributed by atoms with van der Waals surface area (Å²) in [5, 5.41) is 2.77. The number of amides is 1. The fourth-order valence-corrected chi connectivity index (χ4v) is 1.90. The van der Waals surface area contributed by atoms with Gasteiger partial charge in [-0.3, -0.25) is 4.79 Å². The van der Waals surface area contributed by atoms with Crippen molar-refractivity contribution in [3.05, 3.63) is 65.5 Å². The zero-order chi connectivity index (χ0) is 14.5. The van der Waals surface area contributed by atoms with E-state index < -0.39 is 11.7 Å². The van der Waals surface area contributed by atoms with Crippen LogP contribution in [-0.2, 0) is 0 Å². The molecule has 0 radical (unpaired) electrons. The SMILES string of the molecule is COc1ccc(C(C)NC(=O)c2ccccc2F)cc1. The van der Waals surface area contributed by atoms with Crippen molar-refractivity contribution >= 4 is 5.91 Å². The lowest BCUT2D eigenvalue weighted by Crippen LogP contribution is -2.27. The van der Waals surface area contributed by atoms with E-state index in [0.717, 1.165) is 11.3 Å². The van der Waals surface area contributed by atoms with E-state index >= 15 is 0 Å². The highest BCUT2D eigenvalue weighted by Gasteiger charge is 2.14. The molecule has 1 amide bonds. The molecule has 1 atom stereocenters. The number of halogens is 1. The lowest BCUT2D eigenvalue weighted by atomic mass is 10.1. The largest absolute Gasteiger partial charge is 0.497 e. The Morgan fingerprint density at radius 3 is 2.40 bits per heavy atom. The summed E-state index contributed by atoms with van der Waals surface area (Å²) >= 11 is 0. The maximum atomic E-state index is 13.5. The van der Waals surface area contributed by atoms with Crippen molar-refractivity contribution in [3.63, 3.8) is 0 Å². The average Bonchev–Trinajstić information content (AvgIpc) is 2.47. The molecule has 3 nitrogen and oxygen atoms in total. The number of carbonyl (C=O) groups excluding carboxylic acids is 1. The van der Waals surface area contributed by atoms with Gasteiger partial charge in [-0.15, -0.1) is 0 Å². The minimum absolute atomic E-state index is 0.0489. The Balaban J connectivity index is 2.09. The van der Waals surface area contributed by atoms with E-state index in [4.69, 9.17) is 4.74 Å². The molecule has 104 valence electrons. The molecular weight excluding hydrogens is 257 g/mol. The molecule has 0 fully saturated rings. The van der Waals surface area contributed by atoms with Gasteiger partial charge in [0.2, 0.25) is 0 Å². The molecule has 0 aliphatic rings. The normalized spacial score (nSPS) is 11.8. The third-order valence-corrected chi connectivity index (χ3v) is 3.08. The third kappa shape index (κ3) is 3.15. The van der Waals surface area contributed by atoms with Crippen LogP contribution in [0.25, 0.3) is 0 Å². The first-order valence-corrected chi connectivity index (χ1v) is 6.31. The summed E-state index contributed by atoms with van der Waals surface area (Å²) in [6.07, 6.45) is 0. The molecule has 0 saturated carbocycles. The van der Waals surface area contributed by atoms with Gasteiger partial charge in [0, 0.05) is 0 Å². The van der Waals surface area contributed by atoms with Crippen LogP contribution in [-0.4, -0.2) is 13.0 Å². The zero-order valence-corrected chi connectivity index (χ0v) is 11.4. The van der Waals surface area contributed by atoms with Gasteiger partial charge in [-0.05, 0) is 36.8 Å². The Kier molecular flexibility index (Phi) is 4.35. The fraction of sp³-hybridized carbons (Fsp3) is 0.188. The number of methoxy groups -OCH3 is 1. The summed E-state index contributed by atoms with van der Waals surface area (Å²) in [5.41, 5.74) is 0.975. The van der Waals surface area contributed by atoms with Crippen LogP contribution in [0, 0.1) is 5.82 Å². The first-order valence-electron chi connectivity index (χ1n) is 6.31. The topological polar surface area (TPSA) is 38.3 Å². The minimum Gasteiger partial charge on any atom is -0.497 e. The molecule has 1 N–H and O–H groups in total. The molecule has 0 aromatic heterocycles. The summed E-state index contributed by atoms with van der Waals surface area (Å²) in [4.78, 5) is 12.0. The van der Waals surface area contributed by atoms with Crippen LogP contribution in [0.5, 0.6) is 5.75 Å². The van der Waals surface area contributed by atoms with Gasteiger partial charge in [-0.1, -0.05) is 24.3 Å². The molecule has 4 heteroatoms. The molecule has 0 aliphatic heterocycles. The van der Waals surface area contributed by atoms with E-state index in [1.165, 1.54) is 12.1 Å². The maximum absolute atomic E-state index is 13.5. The molecule has 0 bridgehead atoms. The predicted octanol–water partition coefficient (Wildman–Crippen LogP) is 3.33. The standard InChI is InChI=1S/C16H16FNO2/c1-11(12-7-9-13(20-2)10-8-12)18-16(19)14-5-3-4-6-15(14)17/h3-11H,1-2H3,(H,18,19). The summed E-state index contributed by atoms with van der Waals surface area (Å²) < 4.78 is 18.6. The molecule has 1 unspecified atom stereocenters. The Morgan fingerprint density at radius 2 is 1.80 bits per heavy atom. The van der Waals surface area contributed by atoms with E-state index in [9.17, 15) is 9.18 Å². The molecular formula is C16H16FNO2. The second-order valence-corrected chi connectivity index (χ2v) is 4.45. The van der Waals surface area contributed by atoms with E-state index in [-0.39, 0.29) is 11.6 Å². The quantitative estimate of drug-likeness (QED) is 0.928. The van der Waals surface area contributed by atoms with Crippen molar-refractivity contribution in [2.45, 2.75) is 13.0 Å². The summed E-state index contributed by atoms with van der Waals surface area (Å²) in [6.45, 7) is 1.85. The predicted molar refractivity (Wildman–Crippen MR) is 75.3 cm³/mol. The van der Waals surface area contributed by atoms with Crippen molar-refractivity contribution < 1.29 is 13.9 Å². The van der Waals surface area contributed by atoms with Crippen molar-refractivity contribution in [1.29, 1.82) is 0 Å². The van der Waals surface area contributed by atoms with E-state index in [2.05, 4.69) is 5.32 Å². The third-order valence-electron chi connectivity index (χ3n) is 3.08. The van der Waals surface area contributed by atoms with Crippen LogP contribution < -0.4 is 10.1 Å². The molecule has 0 saturated heterocycles. The van der Waals surface area contributed by atoms with Crippen LogP contribution in [0.15, 0.2) is 48.5 Å². The van der Waals surface area contributed by atoms with Crippen molar-refractivity contribution in [1.82, 2.24) is 5.32 Å². The fourth-order valence-electron chi connectivity index (χ4n) is 1.90. The highest BCUT2D eigenvalue weighted by molar-refractivity contribution is 5.94. The first kappa shape index (κ1) is 14.1. The molecule has 2 rings (SSSR count). The number of nitrogens with one attached hydrogen (secondary N) is 1. The number of ether oxygens (including phenoxy) is 1. The van der Waals surface area contributed by atoms with Crippen LogP contribution in [0.4, 0.5) is 4.39 Å². The molecule has 2 aromatic carbocycles. The Morgan fingerprint density at radius 1 is 1.15 bits per heavy atom. The van der Waals surface area contributed by atoms with Crippen molar-refractivity contribution in [3.8, 4) is 5.75 Å². The molecule has 2 aromatic rings. The Labute approximate surface area is 117 Å². The average molecular weight is 273 g/mol. The molecule has 0 aliphatic carbocycles. The first-order chi connectivity index (χ1) is 9.61. The number of rotatable bonds is 4. The molecule has 20 heavy (non-hydrogen) atoms. The van der Waals surface area contributed by atoms with Gasteiger partial charge in [0.15, 0.2) is 0 Å². The van der Waals surface area contributed by atoms with Crippen molar-refractivity contribution in [2.75, 3.05) is 7.11 Å². The lowest BCUT2D eigenvalue weighted by molar-refractivity contribution is 0.0936. The summed E-state index contributed by atoms with van der Waals surface area (Å²) in [7, 11) is 1.60. The summed E-state index contributed by atoms with van der Waals surface area (Å²) in [6, 6.07) is 13.1. The summed E-state index contributed by atoms with van der Waals surface area (Å²) in [5.74, 6) is -0.195. The van der Waals surface area contributed by atoms with Crippen molar-refractivity contribution in [2.24, 2.45) is 0 Å². The van der Waals surface area contributed by atoms with Gasteiger partial charge in [0.05, 0.1) is 18.7 Å². The second-order valence-electron chi connectivity index (χ2n) is 4.45. The maximum Gasteiger partial charge on any atom is 0.254 e. The van der Waals surface area contributed by atoms with Gasteiger partial charge >= 0.3 is 0 Å². The molecule has 0 spiro atoms. The monoisotopic (exact) mass is 273 g/mol. The van der Waals surface area contributed by atoms with Gasteiger partial charge in [-0.25, -0.2) is 4.39 Å². The van der Waals surface area contributed by atoms with Crippen LogP contribution >= 0.6 is 0 Å². The van der Waals surface area contributed by atoms with E-state index in [1.54, 1.807) is 19.2 Å². The zero-order valence-electron chi connectivity index (χ0n) is 11.4. The van der Waals surface area contributed by atoms with Crippen LogP contribution in [0.2, 0.25) is 0 Å². The van der Waals surface area contributed by atoms with Crippen LogP contribution in [0.3, 0.4) is 0 Å². The van der Waals surface area contributed by atoms with Gasteiger partial charge in [-0.2, -0.15) is 0 Å². The van der Waals surface area contributed by atoms with Crippen LogP contribution in [0.1, 0.15) is 28.9 Å². The number of benzene rings is 2. The van der Waals surface area contributed by atoms with Gasteiger partial charge in [0.1, 0.15) is 11.6 Å². The smallest absolute Gasteiger partial charge is 0.254 e. The molecule has 0 heterocycles. The number of carbonyl (C=O) groups is 1. The number of hydrogen-bond acceptors (Lipinski definition) is 2. The Hall–Kier alpha value is -2.36. The minimum atomic E-state index is -0.521.